The first-order valence-corrected chi connectivity index (χ1v) is 11.2. The molecule has 0 spiro atoms. The number of aromatic nitrogens is 1. The molecule has 164 valence electrons. The van der Waals surface area contributed by atoms with Gasteiger partial charge in [-0.05, 0) is 48.6 Å². The monoisotopic (exact) mass is 513 g/mol. The lowest BCUT2D eigenvalue weighted by Crippen LogP contribution is -2.26. The third kappa shape index (κ3) is 3.61. The SMILES string of the molecule is CN1C(=O)/C(=C/c2cn(CCOc3ccc4c(c3)OCO4)c3ccc(Br)cc23)N(C)C1=S. The number of hydrogen-bond acceptors (Lipinski definition) is 5. The summed E-state index contributed by atoms with van der Waals surface area (Å²) in [6.07, 6.45) is 3.93. The number of nitrogens with zero attached hydrogens (tertiary/aromatic N) is 3. The highest BCUT2D eigenvalue weighted by Gasteiger charge is 2.33. The molecule has 1 saturated heterocycles. The molecule has 0 unspecified atom stereocenters. The van der Waals surface area contributed by atoms with Crippen LogP contribution in [-0.2, 0) is 11.3 Å². The number of hydrogen-bond donors (Lipinski definition) is 0. The smallest absolute Gasteiger partial charge is 0.276 e. The molecule has 2 aliphatic rings. The molecule has 3 aromatic rings. The molecule has 0 atom stereocenters. The van der Waals surface area contributed by atoms with Gasteiger partial charge in [-0.3, -0.25) is 9.69 Å². The molecule has 1 amide bonds. The van der Waals surface area contributed by atoms with Crippen LogP contribution in [0.3, 0.4) is 0 Å². The molecule has 5 rings (SSSR count). The van der Waals surface area contributed by atoms with Crippen LogP contribution in [-0.4, -0.2) is 52.9 Å². The highest BCUT2D eigenvalue weighted by molar-refractivity contribution is 9.10. The number of carbonyl (C=O) groups excluding carboxylic acids is 1. The molecule has 1 aromatic heterocycles. The van der Waals surface area contributed by atoms with Crippen molar-refractivity contribution in [3.8, 4) is 17.2 Å². The molecule has 0 aliphatic carbocycles. The van der Waals surface area contributed by atoms with Crippen LogP contribution in [0.1, 0.15) is 5.56 Å². The van der Waals surface area contributed by atoms with Gasteiger partial charge in [0.2, 0.25) is 6.79 Å². The van der Waals surface area contributed by atoms with E-state index in [1.54, 1.807) is 11.9 Å². The molecular weight excluding hydrogens is 494 g/mol. The Morgan fingerprint density at radius 2 is 1.94 bits per heavy atom. The predicted molar refractivity (Wildman–Crippen MR) is 129 cm³/mol. The number of ether oxygens (including phenoxy) is 3. The highest BCUT2D eigenvalue weighted by atomic mass is 79.9. The molecule has 2 aliphatic heterocycles. The first kappa shape index (κ1) is 20.8. The fourth-order valence-corrected chi connectivity index (χ4v) is 4.40. The van der Waals surface area contributed by atoms with Crippen LogP contribution < -0.4 is 14.2 Å². The lowest BCUT2D eigenvalue weighted by atomic mass is 10.1. The molecule has 0 bridgehead atoms. The van der Waals surface area contributed by atoms with Gasteiger partial charge in [-0.1, -0.05) is 15.9 Å². The van der Waals surface area contributed by atoms with Crippen molar-refractivity contribution in [2.24, 2.45) is 0 Å². The quantitative estimate of drug-likeness (QED) is 0.375. The van der Waals surface area contributed by atoms with E-state index in [0.29, 0.717) is 29.7 Å². The van der Waals surface area contributed by atoms with Crippen molar-refractivity contribution in [3.63, 3.8) is 0 Å². The number of thiocarbonyl (C=S) groups is 1. The Bertz CT molecular complexity index is 1290. The van der Waals surface area contributed by atoms with Crippen LogP contribution in [0, 0.1) is 0 Å². The summed E-state index contributed by atoms with van der Waals surface area (Å²) >= 11 is 8.89. The van der Waals surface area contributed by atoms with E-state index in [9.17, 15) is 4.79 Å². The topological polar surface area (TPSA) is 56.2 Å². The molecule has 0 N–H and O–H groups in total. The van der Waals surface area contributed by atoms with E-state index < -0.39 is 0 Å². The Morgan fingerprint density at radius 3 is 2.72 bits per heavy atom. The van der Waals surface area contributed by atoms with Crippen LogP contribution in [0.4, 0.5) is 0 Å². The summed E-state index contributed by atoms with van der Waals surface area (Å²) in [5, 5.41) is 1.53. The van der Waals surface area contributed by atoms with Crippen molar-refractivity contribution >= 4 is 56.1 Å². The maximum Gasteiger partial charge on any atom is 0.276 e. The first-order valence-electron chi connectivity index (χ1n) is 10.0. The summed E-state index contributed by atoms with van der Waals surface area (Å²) < 4.78 is 19.8. The number of fused-ring (bicyclic) bond motifs is 2. The fraction of sp³-hybridized carbons (Fsp3) is 0.217. The Hall–Kier alpha value is -3.04. The molecule has 9 heteroatoms. The largest absolute Gasteiger partial charge is 0.492 e. The molecule has 1 fully saturated rings. The lowest BCUT2D eigenvalue weighted by Gasteiger charge is -2.10. The van der Waals surface area contributed by atoms with Crippen LogP contribution in [0.5, 0.6) is 17.2 Å². The van der Waals surface area contributed by atoms with Gasteiger partial charge >= 0.3 is 0 Å². The number of amides is 1. The Balaban J connectivity index is 1.41. The van der Waals surface area contributed by atoms with E-state index in [0.717, 1.165) is 32.4 Å². The normalized spacial score (nSPS) is 16.7. The number of likely N-dealkylation sites (N-methyl/N-ethyl adjacent to an activating group) is 2. The van der Waals surface area contributed by atoms with Crippen molar-refractivity contribution in [1.29, 1.82) is 0 Å². The second kappa shape index (κ2) is 8.14. The van der Waals surface area contributed by atoms with E-state index in [4.69, 9.17) is 26.4 Å². The van der Waals surface area contributed by atoms with Gasteiger partial charge in [0.1, 0.15) is 18.1 Å². The molecule has 32 heavy (non-hydrogen) atoms. The molecule has 7 nitrogen and oxygen atoms in total. The summed E-state index contributed by atoms with van der Waals surface area (Å²) in [4.78, 5) is 15.8. The minimum absolute atomic E-state index is 0.112. The van der Waals surface area contributed by atoms with Gasteiger partial charge in [0.25, 0.3) is 5.91 Å². The van der Waals surface area contributed by atoms with E-state index in [1.807, 2.05) is 43.6 Å². The zero-order chi connectivity index (χ0) is 22.4. The summed E-state index contributed by atoms with van der Waals surface area (Å²) in [6.45, 7) is 1.35. The number of rotatable bonds is 5. The van der Waals surface area contributed by atoms with Crippen LogP contribution in [0.25, 0.3) is 17.0 Å². The second-order valence-electron chi connectivity index (χ2n) is 7.54. The molecule has 2 aromatic carbocycles. The van der Waals surface area contributed by atoms with Gasteiger partial charge in [-0.25, -0.2) is 0 Å². The second-order valence-corrected chi connectivity index (χ2v) is 8.82. The van der Waals surface area contributed by atoms with Crippen LogP contribution in [0.2, 0.25) is 0 Å². The van der Waals surface area contributed by atoms with E-state index >= 15 is 0 Å². The van der Waals surface area contributed by atoms with Gasteiger partial charge in [0.05, 0.1) is 6.54 Å². The van der Waals surface area contributed by atoms with Gasteiger partial charge < -0.3 is 23.7 Å². The standard InChI is InChI=1S/C23H20BrN3O4S/c1-25-19(22(28)26(2)23(25)32)9-14-12-27(18-5-3-15(24)10-17(14)18)7-8-29-16-4-6-20-21(11-16)31-13-30-20/h3-6,9-12H,7-8,13H2,1-2H3/b19-9-. The lowest BCUT2D eigenvalue weighted by molar-refractivity contribution is -0.121. The van der Waals surface area contributed by atoms with Crippen molar-refractivity contribution in [1.82, 2.24) is 14.4 Å². The summed E-state index contributed by atoms with van der Waals surface area (Å²) in [5.74, 6) is 2.04. The van der Waals surface area contributed by atoms with E-state index in [1.165, 1.54) is 4.90 Å². The third-order valence-corrected chi connectivity index (χ3v) is 6.61. The van der Waals surface area contributed by atoms with Crippen molar-refractivity contribution < 1.29 is 19.0 Å². The molecular formula is C23H20BrN3O4S. The zero-order valence-electron chi connectivity index (χ0n) is 17.5. The minimum Gasteiger partial charge on any atom is -0.492 e. The third-order valence-electron chi connectivity index (χ3n) is 5.57. The first-order chi connectivity index (χ1) is 15.4. The summed E-state index contributed by atoms with van der Waals surface area (Å²) in [5.41, 5.74) is 2.55. The fourth-order valence-electron chi connectivity index (χ4n) is 3.86. The maximum atomic E-state index is 12.6. The van der Waals surface area contributed by atoms with Crippen molar-refractivity contribution in [2.75, 3.05) is 27.5 Å². The maximum absolute atomic E-state index is 12.6. The highest BCUT2D eigenvalue weighted by Crippen LogP contribution is 2.35. The average molecular weight is 514 g/mol. The van der Waals surface area contributed by atoms with Crippen LogP contribution >= 0.6 is 28.1 Å². The summed E-state index contributed by atoms with van der Waals surface area (Å²) in [6, 6.07) is 11.7. The van der Waals surface area contributed by atoms with Gasteiger partial charge in [-0.2, -0.15) is 0 Å². The van der Waals surface area contributed by atoms with Gasteiger partial charge in [0, 0.05) is 47.3 Å². The Labute approximate surface area is 198 Å². The number of benzene rings is 2. The minimum atomic E-state index is -0.112. The predicted octanol–water partition coefficient (Wildman–Crippen LogP) is 4.24. The van der Waals surface area contributed by atoms with E-state index in [-0.39, 0.29) is 12.7 Å². The number of carbonyl (C=O) groups is 1. The number of halogens is 1. The molecule has 0 radical (unpaired) electrons. The Kier molecular flexibility index (Phi) is 5.30. The van der Waals surface area contributed by atoms with Gasteiger partial charge in [0.15, 0.2) is 16.6 Å². The summed E-state index contributed by atoms with van der Waals surface area (Å²) in [7, 11) is 3.50. The van der Waals surface area contributed by atoms with Crippen molar-refractivity contribution in [3.05, 3.63) is 58.3 Å². The molecule has 3 heterocycles. The zero-order valence-corrected chi connectivity index (χ0v) is 19.9. The van der Waals surface area contributed by atoms with Gasteiger partial charge in [-0.15, -0.1) is 0 Å². The Morgan fingerprint density at radius 1 is 1.12 bits per heavy atom. The van der Waals surface area contributed by atoms with E-state index in [2.05, 4.69) is 32.6 Å². The van der Waals surface area contributed by atoms with Crippen LogP contribution in [0.15, 0.2) is 52.8 Å². The molecule has 0 saturated carbocycles. The average Bonchev–Trinajstić information content (AvgIpc) is 3.43. The van der Waals surface area contributed by atoms with Crippen molar-refractivity contribution in [2.45, 2.75) is 6.54 Å².